The van der Waals surface area contributed by atoms with E-state index in [0.717, 1.165) is 34.6 Å². The molecular formula is C20H20N4O2. The van der Waals surface area contributed by atoms with E-state index in [2.05, 4.69) is 28.3 Å². The molecule has 0 bridgehead atoms. The molecule has 26 heavy (non-hydrogen) atoms. The molecule has 3 aromatic rings. The van der Waals surface area contributed by atoms with Crippen molar-refractivity contribution >= 4 is 28.3 Å². The van der Waals surface area contributed by atoms with Crippen LogP contribution in [-0.4, -0.2) is 35.6 Å². The number of nitrogens with one attached hydrogen (secondary N) is 1. The Morgan fingerprint density at radius 2 is 2.08 bits per heavy atom. The zero-order chi connectivity index (χ0) is 17.9. The van der Waals surface area contributed by atoms with Gasteiger partial charge in [0.05, 0.1) is 11.2 Å². The van der Waals surface area contributed by atoms with Crippen molar-refractivity contribution in [2.75, 3.05) is 29.9 Å². The van der Waals surface area contributed by atoms with Crippen molar-refractivity contribution in [1.29, 1.82) is 0 Å². The Morgan fingerprint density at radius 1 is 1.19 bits per heavy atom. The average Bonchev–Trinajstić information content (AvgIpc) is 2.66. The number of anilines is 2. The van der Waals surface area contributed by atoms with Gasteiger partial charge in [-0.3, -0.25) is 4.79 Å². The minimum absolute atomic E-state index is 0.00758. The summed E-state index contributed by atoms with van der Waals surface area (Å²) in [6.45, 7) is 3.50. The van der Waals surface area contributed by atoms with Crippen LogP contribution in [0.4, 0.5) is 11.5 Å². The quantitative estimate of drug-likeness (QED) is 0.718. The fraction of sp³-hybridized carbons (Fsp3) is 0.250. The van der Waals surface area contributed by atoms with Crippen LogP contribution >= 0.6 is 0 Å². The predicted octanol–water partition coefficient (Wildman–Crippen LogP) is 3.17. The van der Waals surface area contributed by atoms with E-state index in [1.165, 1.54) is 5.56 Å². The molecule has 132 valence electrons. The van der Waals surface area contributed by atoms with Gasteiger partial charge in [-0.2, -0.15) is 0 Å². The number of amides is 1. The first kappa shape index (κ1) is 16.3. The third-order valence-electron chi connectivity index (χ3n) is 4.45. The van der Waals surface area contributed by atoms with Gasteiger partial charge in [-0.05, 0) is 37.6 Å². The van der Waals surface area contributed by atoms with Crippen LogP contribution in [0.3, 0.4) is 0 Å². The maximum atomic E-state index is 12.2. The zero-order valence-electron chi connectivity index (χ0n) is 14.6. The maximum Gasteiger partial charge on any atom is 0.265 e. The highest BCUT2D eigenvalue weighted by Crippen LogP contribution is 2.31. The fourth-order valence-corrected chi connectivity index (χ4v) is 3.15. The van der Waals surface area contributed by atoms with E-state index in [0.29, 0.717) is 13.1 Å². The average molecular weight is 348 g/mol. The number of hydrogen-bond acceptors (Lipinski definition) is 5. The van der Waals surface area contributed by atoms with Crippen molar-refractivity contribution in [3.05, 3.63) is 54.4 Å². The molecule has 0 saturated heterocycles. The highest BCUT2D eigenvalue weighted by atomic mass is 16.5. The van der Waals surface area contributed by atoms with Crippen LogP contribution in [0, 0.1) is 6.92 Å². The van der Waals surface area contributed by atoms with Gasteiger partial charge in [0, 0.05) is 18.5 Å². The number of fused-ring (bicyclic) bond motifs is 2. The molecule has 0 unspecified atom stereocenters. The van der Waals surface area contributed by atoms with Crippen LogP contribution in [0.15, 0.2) is 48.8 Å². The smallest absolute Gasteiger partial charge is 0.265 e. The third-order valence-corrected chi connectivity index (χ3v) is 4.45. The fourth-order valence-electron chi connectivity index (χ4n) is 3.15. The van der Waals surface area contributed by atoms with Gasteiger partial charge in [-0.15, -0.1) is 0 Å². The molecule has 4 rings (SSSR count). The molecule has 1 aromatic heterocycles. The molecule has 1 aliphatic rings. The minimum atomic E-state index is -0.00758. The molecule has 1 N–H and O–H groups in total. The molecule has 2 heterocycles. The normalized spacial score (nSPS) is 13.4. The molecule has 1 aliphatic heterocycles. The second-order valence-corrected chi connectivity index (χ2v) is 6.32. The predicted molar refractivity (Wildman–Crippen MR) is 102 cm³/mol. The molecule has 0 radical (unpaired) electrons. The summed E-state index contributed by atoms with van der Waals surface area (Å²) in [7, 11) is 0. The van der Waals surface area contributed by atoms with E-state index in [1.807, 2.05) is 36.4 Å². The Morgan fingerprint density at radius 3 is 3.00 bits per heavy atom. The largest absolute Gasteiger partial charge is 0.482 e. The Kier molecular flexibility index (Phi) is 4.39. The van der Waals surface area contributed by atoms with Crippen molar-refractivity contribution in [2.24, 2.45) is 0 Å². The maximum absolute atomic E-state index is 12.2. The van der Waals surface area contributed by atoms with Crippen molar-refractivity contribution < 1.29 is 9.53 Å². The Labute approximate surface area is 151 Å². The van der Waals surface area contributed by atoms with Crippen LogP contribution in [0.25, 0.3) is 10.9 Å². The van der Waals surface area contributed by atoms with Crippen LogP contribution < -0.4 is 15.0 Å². The summed E-state index contributed by atoms with van der Waals surface area (Å²) >= 11 is 0. The second-order valence-electron chi connectivity index (χ2n) is 6.32. The van der Waals surface area contributed by atoms with Gasteiger partial charge in [-0.25, -0.2) is 9.97 Å². The van der Waals surface area contributed by atoms with E-state index in [9.17, 15) is 4.79 Å². The summed E-state index contributed by atoms with van der Waals surface area (Å²) in [5.41, 5.74) is 2.93. The number of benzene rings is 2. The Bertz CT molecular complexity index is 957. The second kappa shape index (κ2) is 7.00. The van der Waals surface area contributed by atoms with E-state index < -0.39 is 0 Å². The number of hydrogen-bond donors (Lipinski definition) is 1. The van der Waals surface area contributed by atoms with Crippen LogP contribution in [0.2, 0.25) is 0 Å². The molecule has 0 spiro atoms. The molecule has 6 heteroatoms. The van der Waals surface area contributed by atoms with Crippen LogP contribution in [0.5, 0.6) is 5.75 Å². The number of aryl methyl sites for hydroxylation is 1. The minimum Gasteiger partial charge on any atom is -0.482 e. The van der Waals surface area contributed by atoms with E-state index in [-0.39, 0.29) is 12.5 Å². The Hall–Kier alpha value is -3.15. The van der Waals surface area contributed by atoms with Gasteiger partial charge in [0.15, 0.2) is 6.61 Å². The van der Waals surface area contributed by atoms with E-state index >= 15 is 0 Å². The first-order valence-electron chi connectivity index (χ1n) is 8.70. The highest BCUT2D eigenvalue weighted by molar-refractivity contribution is 5.97. The Balaban J connectivity index is 1.42. The summed E-state index contributed by atoms with van der Waals surface area (Å²) in [6, 6.07) is 13.8. The van der Waals surface area contributed by atoms with Crippen LogP contribution in [0.1, 0.15) is 12.0 Å². The molecule has 2 aromatic carbocycles. The molecule has 0 saturated carbocycles. The standard InChI is InChI=1S/C20H20N4O2/c1-14-7-8-16-15(11-14)20(23-13-22-16)21-9-4-10-24-17-5-2-3-6-18(17)26-12-19(24)25/h2-3,5-8,11,13H,4,9-10,12H2,1H3,(H,21,22,23). The first-order valence-corrected chi connectivity index (χ1v) is 8.70. The van der Waals surface area contributed by atoms with E-state index in [4.69, 9.17) is 4.74 Å². The molecule has 0 aliphatic carbocycles. The molecule has 0 atom stereocenters. The van der Waals surface area contributed by atoms with Gasteiger partial charge in [-0.1, -0.05) is 23.8 Å². The lowest BCUT2D eigenvalue weighted by atomic mass is 10.1. The molecule has 1 amide bonds. The number of rotatable bonds is 5. The van der Waals surface area contributed by atoms with Gasteiger partial charge in [0.2, 0.25) is 0 Å². The SMILES string of the molecule is Cc1ccc2ncnc(NCCCN3C(=O)COc4ccccc43)c2c1. The number of nitrogens with zero attached hydrogens (tertiary/aromatic N) is 3. The monoisotopic (exact) mass is 348 g/mol. The van der Waals surface area contributed by atoms with Gasteiger partial charge < -0.3 is 15.0 Å². The van der Waals surface area contributed by atoms with Crippen LogP contribution in [-0.2, 0) is 4.79 Å². The summed E-state index contributed by atoms with van der Waals surface area (Å²) in [6.07, 6.45) is 2.37. The van der Waals surface area contributed by atoms with Gasteiger partial charge in [0.1, 0.15) is 17.9 Å². The topological polar surface area (TPSA) is 67.4 Å². The lowest BCUT2D eigenvalue weighted by Crippen LogP contribution is -2.39. The zero-order valence-corrected chi connectivity index (χ0v) is 14.6. The molecular weight excluding hydrogens is 328 g/mol. The number of carbonyl (C=O) groups excluding carboxylic acids is 1. The lowest BCUT2D eigenvalue weighted by Gasteiger charge is -2.29. The van der Waals surface area contributed by atoms with Crippen molar-refractivity contribution in [2.45, 2.75) is 13.3 Å². The highest BCUT2D eigenvalue weighted by Gasteiger charge is 2.24. The van der Waals surface area contributed by atoms with E-state index in [1.54, 1.807) is 11.2 Å². The molecule has 6 nitrogen and oxygen atoms in total. The number of para-hydroxylation sites is 2. The van der Waals surface area contributed by atoms with Gasteiger partial charge in [0.25, 0.3) is 5.91 Å². The summed E-state index contributed by atoms with van der Waals surface area (Å²) in [5, 5.41) is 4.39. The summed E-state index contributed by atoms with van der Waals surface area (Å²) in [5.74, 6) is 1.58. The number of ether oxygens (including phenoxy) is 1. The van der Waals surface area contributed by atoms with Crippen molar-refractivity contribution in [3.63, 3.8) is 0 Å². The summed E-state index contributed by atoms with van der Waals surface area (Å²) in [4.78, 5) is 22.6. The number of carbonyl (C=O) groups is 1. The van der Waals surface area contributed by atoms with Crippen molar-refractivity contribution in [1.82, 2.24) is 9.97 Å². The third kappa shape index (κ3) is 3.18. The first-order chi connectivity index (χ1) is 12.7. The molecule has 0 fully saturated rings. The van der Waals surface area contributed by atoms with Gasteiger partial charge >= 0.3 is 0 Å². The lowest BCUT2D eigenvalue weighted by molar-refractivity contribution is -0.121. The van der Waals surface area contributed by atoms with Crippen molar-refractivity contribution in [3.8, 4) is 5.75 Å². The summed E-state index contributed by atoms with van der Waals surface area (Å²) < 4.78 is 5.48. The number of aromatic nitrogens is 2.